The number of nitrogens with zero attached hydrogens (tertiary/aromatic N) is 2. The number of hydrogen-bond donors (Lipinski definition) is 1. The molecule has 0 fully saturated rings. The molecule has 1 heterocycles. The van der Waals surface area contributed by atoms with Gasteiger partial charge in [-0.15, -0.1) is 0 Å². The maximum absolute atomic E-state index is 12.4. The second-order valence-corrected chi connectivity index (χ2v) is 6.27. The van der Waals surface area contributed by atoms with Crippen LogP contribution in [0.2, 0.25) is 10.0 Å². The largest absolute Gasteiger partial charge is 0.351 e. The summed E-state index contributed by atoms with van der Waals surface area (Å²) in [5.74, 6) is -0.0789. The van der Waals surface area contributed by atoms with Crippen molar-refractivity contribution in [2.24, 2.45) is 7.05 Å². The molecule has 0 unspecified atom stereocenters. The standard InChI is InChI=1S/C15H17Cl2N3O/c1-15(2,11-4-5-12(16)13(17)6-11)14(21)18-7-10-8-19-20(3)9-10/h4-6,8-9H,7H2,1-3H3,(H,18,21). The Labute approximate surface area is 134 Å². The van der Waals surface area contributed by atoms with Crippen LogP contribution in [0.3, 0.4) is 0 Å². The molecular weight excluding hydrogens is 309 g/mol. The lowest BCUT2D eigenvalue weighted by molar-refractivity contribution is -0.125. The average Bonchev–Trinajstić information content (AvgIpc) is 2.84. The molecule has 1 aromatic carbocycles. The first-order chi connectivity index (χ1) is 9.80. The summed E-state index contributed by atoms with van der Waals surface area (Å²) in [6.45, 7) is 4.15. The van der Waals surface area contributed by atoms with Gasteiger partial charge in [-0.2, -0.15) is 5.10 Å². The van der Waals surface area contributed by atoms with Crippen molar-refractivity contribution in [1.82, 2.24) is 15.1 Å². The molecular formula is C15H17Cl2N3O. The number of aryl methyl sites for hydroxylation is 1. The van der Waals surface area contributed by atoms with Crippen molar-refractivity contribution in [3.63, 3.8) is 0 Å². The molecule has 0 aliphatic heterocycles. The molecule has 0 saturated heterocycles. The van der Waals surface area contributed by atoms with Gasteiger partial charge in [-0.25, -0.2) is 0 Å². The predicted octanol–water partition coefficient (Wildman–Crippen LogP) is 3.32. The van der Waals surface area contributed by atoms with Crippen LogP contribution in [-0.2, 0) is 23.8 Å². The van der Waals surface area contributed by atoms with Gasteiger partial charge >= 0.3 is 0 Å². The monoisotopic (exact) mass is 325 g/mol. The van der Waals surface area contributed by atoms with Gasteiger partial charge < -0.3 is 5.32 Å². The van der Waals surface area contributed by atoms with Gasteiger partial charge in [0.1, 0.15) is 0 Å². The van der Waals surface area contributed by atoms with Gasteiger partial charge in [-0.3, -0.25) is 9.48 Å². The fourth-order valence-corrected chi connectivity index (χ4v) is 2.28. The molecule has 0 aliphatic rings. The van der Waals surface area contributed by atoms with Crippen molar-refractivity contribution in [3.05, 3.63) is 51.8 Å². The Hall–Kier alpha value is -1.52. The molecule has 4 nitrogen and oxygen atoms in total. The molecule has 6 heteroatoms. The van der Waals surface area contributed by atoms with E-state index in [1.165, 1.54) is 0 Å². The van der Waals surface area contributed by atoms with Crippen LogP contribution in [0.25, 0.3) is 0 Å². The number of hydrogen-bond acceptors (Lipinski definition) is 2. The number of nitrogens with one attached hydrogen (secondary N) is 1. The predicted molar refractivity (Wildman–Crippen MR) is 84.5 cm³/mol. The smallest absolute Gasteiger partial charge is 0.230 e. The van der Waals surface area contributed by atoms with Crippen LogP contribution in [0.15, 0.2) is 30.6 Å². The van der Waals surface area contributed by atoms with Crippen LogP contribution >= 0.6 is 23.2 Å². The van der Waals surface area contributed by atoms with Gasteiger partial charge in [0.15, 0.2) is 0 Å². The van der Waals surface area contributed by atoms with Crippen molar-refractivity contribution < 1.29 is 4.79 Å². The zero-order valence-electron chi connectivity index (χ0n) is 12.2. The first-order valence-electron chi connectivity index (χ1n) is 6.52. The second-order valence-electron chi connectivity index (χ2n) is 5.46. The minimum atomic E-state index is -0.698. The van der Waals surface area contributed by atoms with E-state index in [1.807, 2.05) is 33.2 Å². The van der Waals surface area contributed by atoms with E-state index in [0.29, 0.717) is 16.6 Å². The summed E-state index contributed by atoms with van der Waals surface area (Å²) in [6, 6.07) is 5.25. The number of carbonyl (C=O) groups excluding carboxylic acids is 1. The van der Waals surface area contributed by atoms with Gasteiger partial charge in [-0.05, 0) is 31.5 Å². The first kappa shape index (κ1) is 15.9. The molecule has 112 valence electrons. The Morgan fingerprint density at radius 2 is 2.05 bits per heavy atom. The van der Waals surface area contributed by atoms with Gasteiger partial charge in [0.05, 0.1) is 21.7 Å². The van der Waals surface area contributed by atoms with Crippen LogP contribution in [0.4, 0.5) is 0 Å². The van der Waals surface area contributed by atoms with E-state index in [4.69, 9.17) is 23.2 Å². The minimum Gasteiger partial charge on any atom is -0.351 e. The summed E-state index contributed by atoms with van der Waals surface area (Å²) in [5.41, 5.74) is 1.08. The van der Waals surface area contributed by atoms with E-state index < -0.39 is 5.41 Å². The van der Waals surface area contributed by atoms with Crippen molar-refractivity contribution in [1.29, 1.82) is 0 Å². The SMILES string of the molecule is Cn1cc(CNC(=O)C(C)(C)c2ccc(Cl)c(Cl)c2)cn1. The topological polar surface area (TPSA) is 46.9 Å². The minimum absolute atomic E-state index is 0.0789. The van der Waals surface area contributed by atoms with Crippen molar-refractivity contribution in [3.8, 4) is 0 Å². The molecule has 0 bridgehead atoms. The van der Waals surface area contributed by atoms with Crippen molar-refractivity contribution in [2.75, 3.05) is 0 Å². The highest BCUT2D eigenvalue weighted by Crippen LogP contribution is 2.30. The number of carbonyl (C=O) groups is 1. The molecule has 0 spiro atoms. The van der Waals surface area contributed by atoms with Gasteiger partial charge in [-0.1, -0.05) is 29.3 Å². The Bertz CT molecular complexity index is 665. The number of amides is 1. The Kier molecular flexibility index (Phi) is 4.59. The summed E-state index contributed by atoms with van der Waals surface area (Å²) in [4.78, 5) is 12.4. The quantitative estimate of drug-likeness (QED) is 0.937. The van der Waals surface area contributed by atoms with Crippen molar-refractivity contribution in [2.45, 2.75) is 25.8 Å². The number of rotatable bonds is 4. The normalized spacial score (nSPS) is 11.5. The average molecular weight is 326 g/mol. The lowest BCUT2D eigenvalue weighted by atomic mass is 9.83. The molecule has 0 saturated carbocycles. The molecule has 2 aromatic rings. The fraction of sp³-hybridized carbons (Fsp3) is 0.333. The molecule has 21 heavy (non-hydrogen) atoms. The molecule has 1 N–H and O–H groups in total. The second kappa shape index (κ2) is 6.08. The van der Waals surface area contributed by atoms with E-state index in [2.05, 4.69) is 10.4 Å². The van der Waals surface area contributed by atoms with E-state index >= 15 is 0 Å². The first-order valence-corrected chi connectivity index (χ1v) is 7.27. The molecule has 2 rings (SSSR count). The Balaban J connectivity index is 2.10. The molecule has 0 atom stereocenters. The van der Waals surface area contributed by atoms with Crippen LogP contribution in [-0.4, -0.2) is 15.7 Å². The maximum atomic E-state index is 12.4. The highest BCUT2D eigenvalue weighted by atomic mass is 35.5. The third kappa shape index (κ3) is 3.57. The Morgan fingerprint density at radius 3 is 2.62 bits per heavy atom. The van der Waals surface area contributed by atoms with Crippen molar-refractivity contribution >= 4 is 29.1 Å². The summed E-state index contributed by atoms with van der Waals surface area (Å²) < 4.78 is 1.70. The zero-order valence-corrected chi connectivity index (χ0v) is 13.7. The lowest BCUT2D eigenvalue weighted by Crippen LogP contribution is -2.39. The molecule has 0 aliphatic carbocycles. The fourth-order valence-electron chi connectivity index (χ4n) is 1.98. The summed E-state index contributed by atoms with van der Waals surface area (Å²) in [7, 11) is 1.84. The van der Waals surface area contributed by atoms with Gasteiger partial charge in [0.2, 0.25) is 5.91 Å². The van der Waals surface area contributed by atoms with E-state index in [0.717, 1.165) is 11.1 Å². The number of benzene rings is 1. The van der Waals surface area contributed by atoms with Crippen LogP contribution in [0, 0.1) is 0 Å². The van der Waals surface area contributed by atoms with Crippen LogP contribution in [0.5, 0.6) is 0 Å². The zero-order chi connectivity index (χ0) is 15.6. The molecule has 0 radical (unpaired) electrons. The van der Waals surface area contributed by atoms with E-state index in [-0.39, 0.29) is 5.91 Å². The van der Waals surface area contributed by atoms with Crippen LogP contribution in [0.1, 0.15) is 25.0 Å². The number of aromatic nitrogens is 2. The third-order valence-electron chi connectivity index (χ3n) is 3.42. The molecule has 1 amide bonds. The van der Waals surface area contributed by atoms with Crippen LogP contribution < -0.4 is 5.32 Å². The third-order valence-corrected chi connectivity index (χ3v) is 4.16. The highest BCUT2D eigenvalue weighted by molar-refractivity contribution is 6.42. The maximum Gasteiger partial charge on any atom is 0.230 e. The van der Waals surface area contributed by atoms with Gasteiger partial charge in [0, 0.05) is 25.4 Å². The van der Waals surface area contributed by atoms with E-state index in [9.17, 15) is 4.79 Å². The number of halogens is 2. The van der Waals surface area contributed by atoms with E-state index in [1.54, 1.807) is 23.0 Å². The summed E-state index contributed by atoms with van der Waals surface area (Å²) in [6.07, 6.45) is 3.60. The molecule has 1 aromatic heterocycles. The Morgan fingerprint density at radius 1 is 1.33 bits per heavy atom. The lowest BCUT2D eigenvalue weighted by Gasteiger charge is -2.24. The van der Waals surface area contributed by atoms with Gasteiger partial charge in [0.25, 0.3) is 0 Å². The summed E-state index contributed by atoms with van der Waals surface area (Å²) in [5, 5.41) is 7.91. The summed E-state index contributed by atoms with van der Waals surface area (Å²) >= 11 is 11.9. The highest BCUT2D eigenvalue weighted by Gasteiger charge is 2.30.